The van der Waals surface area contributed by atoms with Crippen LogP contribution in [0.25, 0.3) is 0 Å². The predicted molar refractivity (Wildman–Crippen MR) is 85.1 cm³/mol. The van der Waals surface area contributed by atoms with Crippen molar-refractivity contribution in [3.8, 4) is 11.5 Å². The van der Waals surface area contributed by atoms with Crippen LogP contribution >= 0.6 is 23.2 Å². The van der Waals surface area contributed by atoms with E-state index in [9.17, 15) is 14.7 Å². The monoisotopic (exact) mass is 355 g/mol. The van der Waals surface area contributed by atoms with Crippen molar-refractivity contribution >= 4 is 40.8 Å². The number of anilines is 1. The first-order valence-corrected chi connectivity index (χ1v) is 7.06. The smallest absolute Gasteiger partial charge is 0.342 e. The summed E-state index contributed by atoms with van der Waals surface area (Å²) >= 11 is 11.7. The Kier molecular flexibility index (Phi) is 5.31. The standard InChI is InChI=1S/C15H11Cl2NO5/c16-8-1-4-11(17)12(5-8)18-14(21)7-23-15(22)10-3-2-9(19)6-13(10)20/h1-6,19-20H,7H2,(H,18,21). The Morgan fingerprint density at radius 1 is 1.09 bits per heavy atom. The third-order valence-corrected chi connectivity index (χ3v) is 3.30. The van der Waals surface area contributed by atoms with Crippen LogP contribution < -0.4 is 5.32 Å². The molecule has 8 heteroatoms. The Morgan fingerprint density at radius 2 is 1.83 bits per heavy atom. The first kappa shape index (κ1) is 16.9. The van der Waals surface area contributed by atoms with Gasteiger partial charge >= 0.3 is 5.97 Å². The zero-order valence-corrected chi connectivity index (χ0v) is 13.1. The average Bonchev–Trinajstić information content (AvgIpc) is 2.48. The number of rotatable bonds is 4. The van der Waals surface area contributed by atoms with E-state index in [2.05, 4.69) is 5.32 Å². The maximum Gasteiger partial charge on any atom is 0.342 e. The van der Waals surface area contributed by atoms with Crippen LogP contribution in [0.1, 0.15) is 10.4 Å². The summed E-state index contributed by atoms with van der Waals surface area (Å²) in [5.41, 5.74) is 0.115. The zero-order valence-electron chi connectivity index (χ0n) is 11.5. The average molecular weight is 356 g/mol. The molecular weight excluding hydrogens is 345 g/mol. The first-order chi connectivity index (χ1) is 10.9. The lowest BCUT2D eigenvalue weighted by atomic mass is 10.2. The summed E-state index contributed by atoms with van der Waals surface area (Å²) in [5, 5.41) is 21.8. The quantitative estimate of drug-likeness (QED) is 0.731. The number of carbonyl (C=O) groups is 2. The van der Waals surface area contributed by atoms with Gasteiger partial charge in [0.1, 0.15) is 17.1 Å². The molecule has 3 N–H and O–H groups in total. The number of carbonyl (C=O) groups excluding carboxylic acids is 2. The van der Waals surface area contributed by atoms with Crippen LogP contribution in [0.4, 0.5) is 5.69 Å². The molecule has 0 atom stereocenters. The number of esters is 1. The van der Waals surface area contributed by atoms with Gasteiger partial charge in [-0.15, -0.1) is 0 Å². The second-order valence-corrected chi connectivity index (χ2v) is 5.29. The summed E-state index contributed by atoms with van der Waals surface area (Å²) < 4.78 is 4.78. The van der Waals surface area contributed by atoms with E-state index in [0.29, 0.717) is 5.02 Å². The van der Waals surface area contributed by atoms with Gasteiger partial charge in [0.2, 0.25) is 0 Å². The minimum Gasteiger partial charge on any atom is -0.508 e. The summed E-state index contributed by atoms with van der Waals surface area (Å²) in [6, 6.07) is 7.91. The first-order valence-electron chi connectivity index (χ1n) is 6.31. The molecule has 0 aliphatic carbocycles. The van der Waals surface area contributed by atoms with Crippen LogP contribution in [0.5, 0.6) is 11.5 Å². The Balaban J connectivity index is 1.96. The molecule has 23 heavy (non-hydrogen) atoms. The van der Waals surface area contributed by atoms with E-state index in [1.165, 1.54) is 24.3 Å². The Labute approximate surface area is 141 Å². The van der Waals surface area contributed by atoms with Crippen molar-refractivity contribution in [2.45, 2.75) is 0 Å². The molecule has 120 valence electrons. The highest BCUT2D eigenvalue weighted by molar-refractivity contribution is 6.35. The molecular formula is C15H11Cl2NO5. The van der Waals surface area contributed by atoms with Gasteiger partial charge in [-0.25, -0.2) is 4.79 Å². The van der Waals surface area contributed by atoms with Crippen molar-refractivity contribution in [1.82, 2.24) is 0 Å². The molecule has 0 fully saturated rings. The fourth-order valence-corrected chi connectivity index (χ4v) is 2.02. The van der Waals surface area contributed by atoms with Crippen LogP contribution in [-0.2, 0) is 9.53 Å². The van der Waals surface area contributed by atoms with Crippen LogP contribution in [0.3, 0.4) is 0 Å². The fourth-order valence-electron chi connectivity index (χ4n) is 1.68. The third-order valence-electron chi connectivity index (χ3n) is 2.74. The molecule has 2 rings (SSSR count). The topological polar surface area (TPSA) is 95.9 Å². The van der Waals surface area contributed by atoms with Crippen molar-refractivity contribution in [1.29, 1.82) is 0 Å². The maximum absolute atomic E-state index is 11.8. The molecule has 6 nitrogen and oxygen atoms in total. The van der Waals surface area contributed by atoms with Gasteiger partial charge in [-0.05, 0) is 30.3 Å². The van der Waals surface area contributed by atoms with E-state index in [-0.39, 0.29) is 22.0 Å². The number of phenolic OH excluding ortho intramolecular Hbond substituents is 2. The van der Waals surface area contributed by atoms with Crippen molar-refractivity contribution in [2.24, 2.45) is 0 Å². The molecule has 0 aliphatic rings. The van der Waals surface area contributed by atoms with Gasteiger partial charge in [0.25, 0.3) is 5.91 Å². The van der Waals surface area contributed by atoms with E-state index < -0.39 is 24.2 Å². The number of phenols is 2. The number of amides is 1. The number of aromatic hydroxyl groups is 2. The second kappa shape index (κ2) is 7.21. The van der Waals surface area contributed by atoms with Gasteiger partial charge < -0.3 is 20.3 Å². The molecule has 0 heterocycles. The fraction of sp³-hybridized carbons (Fsp3) is 0.0667. The molecule has 0 saturated carbocycles. The van der Waals surface area contributed by atoms with Crippen molar-refractivity contribution in [3.63, 3.8) is 0 Å². The minimum atomic E-state index is -0.908. The molecule has 0 bridgehead atoms. The number of nitrogens with one attached hydrogen (secondary N) is 1. The normalized spacial score (nSPS) is 10.2. The lowest BCUT2D eigenvalue weighted by molar-refractivity contribution is -0.119. The Bertz CT molecular complexity index is 764. The largest absolute Gasteiger partial charge is 0.508 e. The van der Waals surface area contributed by atoms with Gasteiger partial charge in [0.05, 0.1) is 10.7 Å². The van der Waals surface area contributed by atoms with E-state index in [1.54, 1.807) is 6.07 Å². The number of hydrogen-bond donors (Lipinski definition) is 3. The van der Waals surface area contributed by atoms with Crippen molar-refractivity contribution in [3.05, 3.63) is 52.0 Å². The highest BCUT2D eigenvalue weighted by Crippen LogP contribution is 2.25. The second-order valence-electron chi connectivity index (χ2n) is 4.45. The van der Waals surface area contributed by atoms with Gasteiger partial charge in [0.15, 0.2) is 6.61 Å². The van der Waals surface area contributed by atoms with Crippen LogP contribution in [0, 0.1) is 0 Å². The highest BCUT2D eigenvalue weighted by Gasteiger charge is 2.15. The van der Waals surface area contributed by atoms with Crippen molar-refractivity contribution < 1.29 is 24.5 Å². The number of halogens is 2. The summed E-state index contributed by atoms with van der Waals surface area (Å²) in [6.07, 6.45) is 0. The molecule has 0 spiro atoms. The van der Waals surface area contributed by atoms with E-state index in [4.69, 9.17) is 33.0 Å². The van der Waals surface area contributed by atoms with Gasteiger partial charge in [-0.1, -0.05) is 23.2 Å². The van der Waals surface area contributed by atoms with Gasteiger partial charge in [0, 0.05) is 11.1 Å². The van der Waals surface area contributed by atoms with Crippen LogP contribution in [0.2, 0.25) is 10.0 Å². The summed E-state index contributed by atoms with van der Waals surface area (Å²) in [7, 11) is 0. The van der Waals surface area contributed by atoms with E-state index in [1.807, 2.05) is 0 Å². The maximum atomic E-state index is 11.8. The Morgan fingerprint density at radius 3 is 2.52 bits per heavy atom. The van der Waals surface area contributed by atoms with E-state index in [0.717, 1.165) is 6.07 Å². The molecule has 0 saturated heterocycles. The molecule has 2 aromatic rings. The Hall–Kier alpha value is -2.44. The zero-order chi connectivity index (χ0) is 17.0. The molecule has 2 aromatic carbocycles. The summed E-state index contributed by atoms with van der Waals surface area (Å²) in [6.45, 7) is -0.581. The number of benzene rings is 2. The third kappa shape index (κ3) is 4.51. The van der Waals surface area contributed by atoms with Gasteiger partial charge in [-0.3, -0.25) is 4.79 Å². The van der Waals surface area contributed by atoms with E-state index >= 15 is 0 Å². The predicted octanol–water partition coefficient (Wildman–Crippen LogP) is 3.20. The molecule has 1 amide bonds. The number of hydrogen-bond acceptors (Lipinski definition) is 5. The summed E-state index contributed by atoms with van der Waals surface area (Å²) in [5.74, 6) is -2.18. The minimum absolute atomic E-state index is 0.170. The molecule has 0 unspecified atom stereocenters. The lowest BCUT2D eigenvalue weighted by Gasteiger charge is -2.09. The van der Waals surface area contributed by atoms with Crippen molar-refractivity contribution in [2.75, 3.05) is 11.9 Å². The summed E-state index contributed by atoms with van der Waals surface area (Å²) in [4.78, 5) is 23.5. The highest BCUT2D eigenvalue weighted by atomic mass is 35.5. The van der Waals surface area contributed by atoms with Crippen LogP contribution in [-0.4, -0.2) is 28.7 Å². The van der Waals surface area contributed by atoms with Crippen LogP contribution in [0.15, 0.2) is 36.4 Å². The number of ether oxygens (including phenoxy) is 1. The lowest BCUT2D eigenvalue weighted by Crippen LogP contribution is -2.21. The SMILES string of the molecule is O=C(COC(=O)c1ccc(O)cc1O)Nc1cc(Cl)ccc1Cl. The van der Waals surface area contributed by atoms with Gasteiger partial charge in [-0.2, -0.15) is 0 Å². The molecule has 0 aromatic heterocycles. The molecule has 0 aliphatic heterocycles. The molecule has 0 radical (unpaired) electrons.